The van der Waals surface area contributed by atoms with Gasteiger partial charge in [-0.2, -0.15) is 5.10 Å². The van der Waals surface area contributed by atoms with E-state index in [2.05, 4.69) is 27.6 Å². The Morgan fingerprint density at radius 1 is 1.08 bits per heavy atom. The molecule has 0 atom stereocenters. The highest BCUT2D eigenvalue weighted by molar-refractivity contribution is 7.10. The Hall–Kier alpha value is -2.79. The van der Waals surface area contributed by atoms with Gasteiger partial charge in [0.05, 0.1) is 17.8 Å². The van der Waals surface area contributed by atoms with Crippen molar-refractivity contribution in [2.24, 2.45) is 5.10 Å². The SMILES string of the molecule is O=C(Cc1nc(-c2ccccc2)cs1)N/N=C1/CCCc2ccccc21. The summed E-state index contributed by atoms with van der Waals surface area (Å²) in [6.45, 7) is 0. The van der Waals surface area contributed by atoms with Crippen molar-refractivity contribution in [2.75, 3.05) is 0 Å². The molecule has 0 bridgehead atoms. The van der Waals surface area contributed by atoms with Crippen LogP contribution in [0.15, 0.2) is 65.1 Å². The third kappa shape index (κ3) is 3.73. The van der Waals surface area contributed by atoms with Gasteiger partial charge in [-0.1, -0.05) is 54.6 Å². The number of carbonyl (C=O) groups excluding carboxylic acids is 1. The summed E-state index contributed by atoms with van der Waals surface area (Å²) in [5, 5.41) is 7.16. The van der Waals surface area contributed by atoms with E-state index in [0.717, 1.165) is 46.8 Å². The van der Waals surface area contributed by atoms with Gasteiger partial charge in [0.2, 0.25) is 5.91 Å². The van der Waals surface area contributed by atoms with E-state index in [1.807, 2.05) is 47.8 Å². The summed E-state index contributed by atoms with van der Waals surface area (Å²) in [7, 11) is 0. The van der Waals surface area contributed by atoms with Crippen LogP contribution >= 0.6 is 11.3 Å². The smallest absolute Gasteiger partial charge is 0.246 e. The zero-order valence-corrected chi connectivity index (χ0v) is 15.1. The number of aromatic nitrogens is 1. The van der Waals surface area contributed by atoms with Crippen LogP contribution in [-0.4, -0.2) is 16.6 Å². The van der Waals surface area contributed by atoms with Crippen LogP contribution in [0.4, 0.5) is 0 Å². The maximum absolute atomic E-state index is 12.3. The number of benzene rings is 2. The Kier molecular flexibility index (Phi) is 4.88. The molecule has 26 heavy (non-hydrogen) atoms. The molecule has 2 aromatic carbocycles. The molecule has 1 amide bonds. The molecule has 0 unspecified atom stereocenters. The van der Waals surface area contributed by atoms with Gasteiger partial charge in [0.25, 0.3) is 0 Å². The topological polar surface area (TPSA) is 54.4 Å². The molecule has 0 radical (unpaired) electrons. The molecule has 0 saturated carbocycles. The Labute approximate surface area is 156 Å². The van der Waals surface area contributed by atoms with Gasteiger partial charge >= 0.3 is 0 Å². The van der Waals surface area contributed by atoms with Crippen LogP contribution in [-0.2, 0) is 17.6 Å². The van der Waals surface area contributed by atoms with E-state index in [4.69, 9.17) is 0 Å². The number of thiazole rings is 1. The lowest BCUT2D eigenvalue weighted by molar-refractivity contribution is -0.120. The summed E-state index contributed by atoms with van der Waals surface area (Å²) in [4.78, 5) is 16.8. The quantitative estimate of drug-likeness (QED) is 0.708. The van der Waals surface area contributed by atoms with Crippen molar-refractivity contribution in [3.8, 4) is 11.3 Å². The fourth-order valence-corrected chi connectivity index (χ4v) is 3.96. The molecule has 3 aromatic rings. The van der Waals surface area contributed by atoms with Gasteiger partial charge < -0.3 is 0 Å². The highest BCUT2D eigenvalue weighted by Gasteiger charge is 2.15. The minimum atomic E-state index is -0.130. The van der Waals surface area contributed by atoms with E-state index in [1.165, 1.54) is 16.9 Å². The zero-order chi connectivity index (χ0) is 17.8. The number of aryl methyl sites for hydroxylation is 1. The monoisotopic (exact) mass is 361 g/mol. The summed E-state index contributed by atoms with van der Waals surface area (Å²) in [6, 6.07) is 18.3. The standard InChI is InChI=1S/C21H19N3OS/c25-20(13-21-22-19(14-26-21)16-8-2-1-3-9-16)24-23-18-12-6-10-15-7-4-5-11-17(15)18/h1-5,7-9,11,14H,6,10,12-13H2,(H,24,25)/b23-18-. The number of hydrogen-bond donors (Lipinski definition) is 1. The van der Waals surface area contributed by atoms with Crippen LogP contribution in [0.1, 0.15) is 29.0 Å². The number of fused-ring (bicyclic) bond motifs is 1. The van der Waals surface area contributed by atoms with Crippen molar-refractivity contribution in [3.05, 3.63) is 76.1 Å². The first-order chi connectivity index (χ1) is 12.8. The number of carbonyl (C=O) groups is 1. The molecule has 0 aliphatic heterocycles. The van der Waals surface area contributed by atoms with E-state index in [0.29, 0.717) is 0 Å². The molecular formula is C21H19N3OS. The lowest BCUT2D eigenvalue weighted by Gasteiger charge is -2.17. The zero-order valence-electron chi connectivity index (χ0n) is 14.3. The molecule has 1 aliphatic rings. The molecule has 1 aromatic heterocycles. The van der Waals surface area contributed by atoms with Crippen molar-refractivity contribution < 1.29 is 4.79 Å². The normalized spacial score (nSPS) is 14.8. The van der Waals surface area contributed by atoms with Crippen molar-refractivity contribution in [2.45, 2.75) is 25.7 Å². The Morgan fingerprint density at radius 2 is 1.88 bits per heavy atom. The number of hydrazone groups is 1. The molecular weight excluding hydrogens is 342 g/mol. The molecule has 130 valence electrons. The maximum Gasteiger partial charge on any atom is 0.246 e. The number of hydrogen-bond acceptors (Lipinski definition) is 4. The highest BCUT2D eigenvalue weighted by atomic mass is 32.1. The first kappa shape index (κ1) is 16.7. The number of rotatable bonds is 4. The maximum atomic E-state index is 12.3. The lowest BCUT2D eigenvalue weighted by Crippen LogP contribution is -2.23. The largest absolute Gasteiger partial charge is 0.273 e. The molecule has 0 spiro atoms. The average molecular weight is 361 g/mol. The second-order valence-corrected chi connectivity index (χ2v) is 7.22. The number of nitrogens with one attached hydrogen (secondary N) is 1. The van der Waals surface area contributed by atoms with E-state index in [9.17, 15) is 4.79 Å². The minimum Gasteiger partial charge on any atom is -0.273 e. The third-order valence-corrected chi connectivity index (χ3v) is 5.29. The number of amides is 1. The van der Waals surface area contributed by atoms with Gasteiger partial charge in [-0.05, 0) is 24.8 Å². The van der Waals surface area contributed by atoms with Gasteiger partial charge in [0.1, 0.15) is 5.01 Å². The Morgan fingerprint density at radius 3 is 2.77 bits per heavy atom. The third-order valence-electron chi connectivity index (χ3n) is 4.44. The van der Waals surface area contributed by atoms with Gasteiger partial charge in [0.15, 0.2) is 0 Å². The summed E-state index contributed by atoms with van der Waals surface area (Å²) in [5.41, 5.74) is 8.10. The predicted octanol–water partition coefficient (Wildman–Crippen LogP) is 4.21. The fraction of sp³-hybridized carbons (Fsp3) is 0.190. The van der Waals surface area contributed by atoms with Crippen LogP contribution in [0, 0.1) is 0 Å². The average Bonchev–Trinajstić information content (AvgIpc) is 3.15. The van der Waals surface area contributed by atoms with Crippen LogP contribution in [0.25, 0.3) is 11.3 Å². The molecule has 1 heterocycles. The molecule has 0 fully saturated rings. The van der Waals surface area contributed by atoms with Gasteiger partial charge in [-0.25, -0.2) is 10.4 Å². The molecule has 1 N–H and O–H groups in total. The summed E-state index contributed by atoms with van der Waals surface area (Å²) in [6.07, 6.45) is 3.28. The summed E-state index contributed by atoms with van der Waals surface area (Å²) < 4.78 is 0. The molecule has 5 heteroatoms. The Balaban J connectivity index is 1.42. The van der Waals surface area contributed by atoms with Crippen LogP contribution in [0.5, 0.6) is 0 Å². The van der Waals surface area contributed by atoms with Gasteiger partial charge in [0, 0.05) is 16.5 Å². The summed E-state index contributed by atoms with van der Waals surface area (Å²) in [5.74, 6) is -0.130. The Bertz CT molecular complexity index is 947. The summed E-state index contributed by atoms with van der Waals surface area (Å²) >= 11 is 1.50. The minimum absolute atomic E-state index is 0.130. The van der Waals surface area contributed by atoms with Crippen molar-refractivity contribution in [3.63, 3.8) is 0 Å². The van der Waals surface area contributed by atoms with Crippen LogP contribution in [0.2, 0.25) is 0 Å². The van der Waals surface area contributed by atoms with E-state index in [-0.39, 0.29) is 12.3 Å². The van der Waals surface area contributed by atoms with Crippen molar-refractivity contribution >= 4 is 23.0 Å². The second-order valence-electron chi connectivity index (χ2n) is 6.27. The lowest BCUT2D eigenvalue weighted by atomic mass is 9.90. The van der Waals surface area contributed by atoms with E-state index < -0.39 is 0 Å². The van der Waals surface area contributed by atoms with E-state index in [1.54, 1.807) is 0 Å². The molecule has 4 rings (SSSR count). The molecule has 1 aliphatic carbocycles. The first-order valence-corrected chi connectivity index (χ1v) is 9.61. The van der Waals surface area contributed by atoms with Gasteiger partial charge in [-0.3, -0.25) is 4.79 Å². The molecule has 0 saturated heterocycles. The predicted molar refractivity (Wildman–Crippen MR) is 105 cm³/mol. The second kappa shape index (κ2) is 7.62. The van der Waals surface area contributed by atoms with Crippen molar-refractivity contribution in [1.29, 1.82) is 0 Å². The first-order valence-electron chi connectivity index (χ1n) is 8.73. The molecule has 4 nitrogen and oxygen atoms in total. The fourth-order valence-electron chi connectivity index (χ4n) is 3.16. The highest BCUT2D eigenvalue weighted by Crippen LogP contribution is 2.22. The number of nitrogens with zero attached hydrogens (tertiary/aromatic N) is 2. The van der Waals surface area contributed by atoms with Gasteiger partial charge in [-0.15, -0.1) is 11.3 Å². The van der Waals surface area contributed by atoms with E-state index >= 15 is 0 Å². The van der Waals surface area contributed by atoms with Crippen LogP contribution < -0.4 is 5.43 Å². The van der Waals surface area contributed by atoms with Crippen molar-refractivity contribution in [1.82, 2.24) is 10.4 Å². The van der Waals surface area contributed by atoms with Crippen LogP contribution in [0.3, 0.4) is 0 Å².